The first-order chi connectivity index (χ1) is 13.1. The van der Waals surface area contributed by atoms with E-state index in [9.17, 15) is 0 Å². The van der Waals surface area contributed by atoms with Crippen LogP contribution in [0.1, 0.15) is 31.9 Å². The monoisotopic (exact) mass is 400 g/mol. The first-order valence-electron chi connectivity index (χ1n) is 9.38. The average molecular weight is 401 g/mol. The van der Waals surface area contributed by atoms with E-state index in [1.807, 2.05) is 48.6 Å². The third-order valence-corrected chi connectivity index (χ3v) is 9.54. The smallest absolute Gasteiger partial charge is 0.250 e. The Kier molecular flexibility index (Phi) is 6.83. The maximum atomic E-state index is 6.49. The van der Waals surface area contributed by atoms with Gasteiger partial charge in [-0.05, 0) is 53.5 Å². The lowest BCUT2D eigenvalue weighted by atomic mass is 10.1. The Hall–Kier alpha value is -2.40. The van der Waals surface area contributed by atoms with Crippen LogP contribution in [0.5, 0.6) is 23.0 Å². The molecular formula is C23H32O4Si. The van der Waals surface area contributed by atoms with Gasteiger partial charge in [-0.15, -0.1) is 0 Å². The molecule has 0 radical (unpaired) electrons. The summed E-state index contributed by atoms with van der Waals surface area (Å²) >= 11 is 0. The molecule has 0 N–H and O–H groups in total. The molecule has 28 heavy (non-hydrogen) atoms. The molecule has 0 heterocycles. The highest BCUT2D eigenvalue weighted by Gasteiger charge is 2.39. The van der Waals surface area contributed by atoms with Crippen LogP contribution in [0.25, 0.3) is 12.2 Å². The van der Waals surface area contributed by atoms with Crippen LogP contribution in [0, 0.1) is 0 Å². The number of hydrogen-bond donors (Lipinski definition) is 0. The van der Waals surface area contributed by atoms with Crippen LogP contribution in [0.3, 0.4) is 0 Å². The summed E-state index contributed by atoms with van der Waals surface area (Å²) in [7, 11) is 3.01. The second-order valence-corrected chi connectivity index (χ2v) is 13.0. The third-order valence-electron chi connectivity index (χ3n) is 5.20. The normalized spacial score (nSPS) is 12.1. The summed E-state index contributed by atoms with van der Waals surface area (Å²) in [5, 5.41) is 0.112. The minimum atomic E-state index is -1.97. The lowest BCUT2D eigenvalue weighted by Gasteiger charge is -2.36. The maximum absolute atomic E-state index is 6.49. The fraction of sp³-hybridized carbons (Fsp3) is 0.391. The molecule has 0 fully saturated rings. The number of benzene rings is 2. The minimum absolute atomic E-state index is 0.112. The lowest BCUT2D eigenvalue weighted by Crippen LogP contribution is -2.43. The summed E-state index contributed by atoms with van der Waals surface area (Å²) in [5.41, 5.74) is 2.04. The lowest BCUT2D eigenvalue weighted by molar-refractivity contribution is 0.386. The highest BCUT2D eigenvalue weighted by Crippen LogP contribution is 2.40. The van der Waals surface area contributed by atoms with Crippen molar-refractivity contribution in [3.63, 3.8) is 0 Å². The highest BCUT2D eigenvalue weighted by atomic mass is 28.4. The zero-order valence-electron chi connectivity index (χ0n) is 18.3. The van der Waals surface area contributed by atoms with Gasteiger partial charge in [-0.3, -0.25) is 0 Å². The van der Waals surface area contributed by atoms with Crippen molar-refractivity contribution >= 4 is 20.5 Å². The first kappa shape index (κ1) is 21.9. The Morgan fingerprint density at radius 1 is 0.714 bits per heavy atom. The second-order valence-electron chi connectivity index (χ2n) is 8.25. The molecule has 0 aliphatic rings. The minimum Gasteiger partial charge on any atom is -0.541 e. The predicted octanol–water partition coefficient (Wildman–Crippen LogP) is 6.27. The van der Waals surface area contributed by atoms with Crippen LogP contribution in [0.15, 0.2) is 36.4 Å². The molecule has 4 nitrogen and oxygen atoms in total. The molecule has 0 aromatic heterocycles. The molecule has 2 aromatic rings. The standard InChI is InChI=1S/C23H32O4Si/c1-23(2,3)28(7,8)27-22-15-17(11-12-21(22)26-6)9-10-18-13-19(24-4)16-20(14-18)25-5/h9-16H,1-8H3/b10-9-. The zero-order chi connectivity index (χ0) is 20.9. The van der Waals surface area contributed by atoms with Crippen LogP contribution in [0.2, 0.25) is 18.1 Å². The molecule has 0 unspecified atom stereocenters. The maximum Gasteiger partial charge on any atom is 0.250 e. The Balaban J connectivity index is 2.34. The topological polar surface area (TPSA) is 36.9 Å². The average Bonchev–Trinajstić information content (AvgIpc) is 2.65. The quantitative estimate of drug-likeness (QED) is 0.406. The van der Waals surface area contributed by atoms with Gasteiger partial charge in [-0.2, -0.15) is 0 Å². The van der Waals surface area contributed by atoms with Gasteiger partial charge in [0.05, 0.1) is 21.3 Å². The van der Waals surface area contributed by atoms with Crippen LogP contribution >= 0.6 is 0 Å². The van der Waals surface area contributed by atoms with E-state index in [2.05, 4.69) is 33.9 Å². The molecular weight excluding hydrogens is 368 g/mol. The van der Waals surface area contributed by atoms with Crippen molar-refractivity contribution in [2.75, 3.05) is 21.3 Å². The largest absolute Gasteiger partial charge is 0.541 e. The van der Waals surface area contributed by atoms with E-state index in [1.54, 1.807) is 21.3 Å². The van der Waals surface area contributed by atoms with E-state index in [0.717, 1.165) is 34.1 Å². The van der Waals surface area contributed by atoms with Gasteiger partial charge in [-0.1, -0.05) is 39.0 Å². The highest BCUT2D eigenvalue weighted by molar-refractivity contribution is 6.74. The summed E-state index contributed by atoms with van der Waals surface area (Å²) < 4.78 is 22.7. The van der Waals surface area contributed by atoms with Crippen LogP contribution in [-0.2, 0) is 0 Å². The Morgan fingerprint density at radius 3 is 1.79 bits per heavy atom. The van der Waals surface area contributed by atoms with E-state index in [0.29, 0.717) is 0 Å². The molecule has 0 saturated heterocycles. The van der Waals surface area contributed by atoms with Crippen molar-refractivity contribution in [2.45, 2.75) is 38.9 Å². The van der Waals surface area contributed by atoms with Crippen molar-refractivity contribution in [2.24, 2.45) is 0 Å². The molecule has 0 saturated carbocycles. The van der Waals surface area contributed by atoms with Crippen LogP contribution < -0.4 is 18.6 Å². The molecule has 0 spiro atoms. The van der Waals surface area contributed by atoms with Crippen molar-refractivity contribution in [3.8, 4) is 23.0 Å². The van der Waals surface area contributed by atoms with Crippen LogP contribution in [0.4, 0.5) is 0 Å². The van der Waals surface area contributed by atoms with E-state index >= 15 is 0 Å². The van der Waals surface area contributed by atoms with Gasteiger partial charge in [0.15, 0.2) is 5.75 Å². The van der Waals surface area contributed by atoms with Crippen LogP contribution in [-0.4, -0.2) is 29.6 Å². The molecule has 0 amide bonds. The summed E-state index contributed by atoms with van der Waals surface area (Å²) in [5.74, 6) is 3.07. The Morgan fingerprint density at radius 2 is 1.29 bits per heavy atom. The molecule has 5 heteroatoms. The van der Waals surface area contributed by atoms with Gasteiger partial charge in [-0.25, -0.2) is 0 Å². The van der Waals surface area contributed by atoms with E-state index in [-0.39, 0.29) is 5.04 Å². The zero-order valence-corrected chi connectivity index (χ0v) is 19.3. The van der Waals surface area contributed by atoms with Gasteiger partial charge < -0.3 is 18.6 Å². The predicted molar refractivity (Wildman–Crippen MR) is 119 cm³/mol. The summed E-state index contributed by atoms with van der Waals surface area (Å²) in [4.78, 5) is 0. The molecule has 2 rings (SSSR count). The molecule has 0 atom stereocenters. The van der Waals surface area contributed by atoms with Gasteiger partial charge in [0, 0.05) is 6.07 Å². The molecule has 152 valence electrons. The van der Waals surface area contributed by atoms with Gasteiger partial charge in [0.1, 0.15) is 17.2 Å². The fourth-order valence-electron chi connectivity index (χ4n) is 2.42. The third kappa shape index (κ3) is 5.32. The fourth-order valence-corrected chi connectivity index (χ4v) is 3.44. The first-order valence-corrected chi connectivity index (χ1v) is 12.3. The summed E-state index contributed by atoms with van der Waals surface area (Å²) in [6.07, 6.45) is 4.08. The number of methoxy groups -OCH3 is 3. The van der Waals surface area contributed by atoms with E-state index in [4.69, 9.17) is 18.6 Å². The van der Waals surface area contributed by atoms with Crippen molar-refractivity contribution < 1.29 is 18.6 Å². The summed E-state index contributed by atoms with van der Waals surface area (Å²) in [6, 6.07) is 11.8. The SMILES string of the molecule is COc1cc(/C=C\c2ccc(OC)c(O[Si](C)(C)C(C)(C)C)c2)cc(OC)c1. The number of rotatable bonds is 7. The molecule has 0 aliphatic carbocycles. The number of hydrogen-bond acceptors (Lipinski definition) is 4. The Labute approximate surface area is 170 Å². The molecule has 2 aromatic carbocycles. The Bertz CT molecular complexity index is 813. The van der Waals surface area contributed by atoms with E-state index in [1.165, 1.54) is 0 Å². The summed E-state index contributed by atoms with van der Waals surface area (Å²) in [6.45, 7) is 11.2. The van der Waals surface area contributed by atoms with Crippen molar-refractivity contribution in [1.82, 2.24) is 0 Å². The number of ether oxygens (including phenoxy) is 3. The van der Waals surface area contributed by atoms with Gasteiger partial charge in [0.25, 0.3) is 8.32 Å². The molecule has 0 aliphatic heterocycles. The second kappa shape index (κ2) is 8.74. The molecule has 0 bridgehead atoms. The van der Waals surface area contributed by atoms with Gasteiger partial charge in [0.2, 0.25) is 0 Å². The van der Waals surface area contributed by atoms with Crippen molar-refractivity contribution in [3.05, 3.63) is 47.5 Å². The van der Waals surface area contributed by atoms with Gasteiger partial charge >= 0.3 is 0 Å². The van der Waals surface area contributed by atoms with Crippen molar-refractivity contribution in [1.29, 1.82) is 0 Å². The van der Waals surface area contributed by atoms with E-state index < -0.39 is 8.32 Å².